The highest BCUT2D eigenvalue weighted by Gasteiger charge is 2.05. The van der Waals surface area contributed by atoms with E-state index in [2.05, 4.69) is 19.2 Å². The van der Waals surface area contributed by atoms with Gasteiger partial charge in [0.2, 0.25) is 0 Å². The quantitative estimate of drug-likeness (QED) is 0.762. The molecule has 1 atom stereocenters. The van der Waals surface area contributed by atoms with E-state index in [-0.39, 0.29) is 5.82 Å². The molecule has 0 fully saturated rings. The van der Waals surface area contributed by atoms with E-state index in [4.69, 9.17) is 4.74 Å². The molecule has 0 heterocycles. The first-order chi connectivity index (χ1) is 8.65. The third kappa shape index (κ3) is 5.50. The number of ether oxygens (including phenoxy) is 1. The van der Waals surface area contributed by atoms with Crippen molar-refractivity contribution in [3.8, 4) is 5.75 Å². The first-order valence-corrected chi connectivity index (χ1v) is 6.78. The van der Waals surface area contributed by atoms with Crippen LogP contribution >= 0.6 is 0 Å². The summed E-state index contributed by atoms with van der Waals surface area (Å²) in [6.45, 7) is 8.55. The normalized spacial score (nSPS) is 12.4. The molecule has 2 nitrogen and oxygen atoms in total. The first kappa shape index (κ1) is 15.0. The Labute approximate surface area is 110 Å². The van der Waals surface area contributed by atoms with Crippen molar-refractivity contribution in [2.75, 3.05) is 13.2 Å². The van der Waals surface area contributed by atoms with E-state index >= 15 is 0 Å². The highest BCUT2D eigenvalue weighted by atomic mass is 19.1. The van der Waals surface area contributed by atoms with Crippen molar-refractivity contribution >= 4 is 0 Å². The molecule has 0 saturated carbocycles. The Morgan fingerprint density at radius 3 is 2.72 bits per heavy atom. The molecular weight excluding hydrogens is 229 g/mol. The topological polar surface area (TPSA) is 21.3 Å². The summed E-state index contributed by atoms with van der Waals surface area (Å²) in [5.41, 5.74) is 0.926. The zero-order chi connectivity index (χ0) is 13.4. The van der Waals surface area contributed by atoms with Crippen LogP contribution in [0.2, 0.25) is 0 Å². The molecule has 0 spiro atoms. The fourth-order valence-corrected chi connectivity index (χ4v) is 1.89. The Morgan fingerprint density at radius 1 is 1.28 bits per heavy atom. The van der Waals surface area contributed by atoms with Gasteiger partial charge in [-0.1, -0.05) is 27.2 Å². The van der Waals surface area contributed by atoms with Gasteiger partial charge in [-0.3, -0.25) is 0 Å². The molecule has 0 aliphatic carbocycles. The van der Waals surface area contributed by atoms with Crippen LogP contribution in [0.5, 0.6) is 5.75 Å². The molecular formula is C15H24FNO. The van der Waals surface area contributed by atoms with Crippen molar-refractivity contribution in [2.24, 2.45) is 5.92 Å². The first-order valence-electron chi connectivity index (χ1n) is 6.78. The molecule has 0 saturated heterocycles. The standard InChI is InChI=1S/C15H24FNO/c1-4-6-12(3)11-18-15-8-13(10-17-5-2)7-14(16)9-15/h7-9,12,17H,4-6,10-11H2,1-3H3. The van der Waals surface area contributed by atoms with Gasteiger partial charge in [0.25, 0.3) is 0 Å². The zero-order valence-electron chi connectivity index (χ0n) is 11.6. The Hall–Kier alpha value is -1.09. The lowest BCUT2D eigenvalue weighted by atomic mass is 10.1. The molecule has 0 aliphatic heterocycles. The van der Waals surface area contributed by atoms with E-state index in [1.54, 1.807) is 6.07 Å². The van der Waals surface area contributed by atoms with Crippen LogP contribution < -0.4 is 10.1 Å². The summed E-state index contributed by atoms with van der Waals surface area (Å²) in [4.78, 5) is 0. The number of hydrogen-bond acceptors (Lipinski definition) is 2. The van der Waals surface area contributed by atoms with E-state index in [0.29, 0.717) is 24.8 Å². The predicted molar refractivity (Wildman–Crippen MR) is 73.3 cm³/mol. The van der Waals surface area contributed by atoms with Gasteiger partial charge in [0.15, 0.2) is 0 Å². The van der Waals surface area contributed by atoms with Crippen LogP contribution in [-0.2, 0) is 6.54 Å². The summed E-state index contributed by atoms with van der Waals surface area (Å²) in [6.07, 6.45) is 2.29. The third-order valence-electron chi connectivity index (χ3n) is 2.83. The van der Waals surface area contributed by atoms with Gasteiger partial charge in [-0.15, -0.1) is 0 Å². The maximum Gasteiger partial charge on any atom is 0.127 e. The minimum Gasteiger partial charge on any atom is -0.493 e. The number of nitrogens with one attached hydrogen (secondary N) is 1. The van der Waals surface area contributed by atoms with Crippen molar-refractivity contribution in [1.82, 2.24) is 5.32 Å². The summed E-state index contributed by atoms with van der Waals surface area (Å²) in [5, 5.41) is 3.18. The van der Waals surface area contributed by atoms with Crippen molar-refractivity contribution < 1.29 is 9.13 Å². The summed E-state index contributed by atoms with van der Waals surface area (Å²) < 4.78 is 19.1. The molecule has 0 bridgehead atoms. The van der Waals surface area contributed by atoms with Crippen LogP contribution in [0.4, 0.5) is 4.39 Å². The predicted octanol–water partition coefficient (Wildman–Crippen LogP) is 3.75. The zero-order valence-corrected chi connectivity index (χ0v) is 11.6. The SMILES string of the molecule is CCCC(C)COc1cc(F)cc(CNCC)c1. The summed E-state index contributed by atoms with van der Waals surface area (Å²) in [6, 6.07) is 4.91. The van der Waals surface area contributed by atoms with E-state index in [0.717, 1.165) is 24.9 Å². The highest BCUT2D eigenvalue weighted by molar-refractivity contribution is 5.29. The molecule has 1 rings (SSSR count). The Bertz CT molecular complexity index is 354. The monoisotopic (exact) mass is 253 g/mol. The molecule has 102 valence electrons. The number of rotatable bonds is 8. The van der Waals surface area contributed by atoms with Gasteiger partial charge in [0.05, 0.1) is 6.61 Å². The van der Waals surface area contributed by atoms with Gasteiger partial charge in [-0.05, 0) is 36.6 Å². The fraction of sp³-hybridized carbons (Fsp3) is 0.600. The minimum atomic E-state index is -0.233. The minimum absolute atomic E-state index is 0.233. The summed E-state index contributed by atoms with van der Waals surface area (Å²) in [5.74, 6) is 0.907. The van der Waals surface area contributed by atoms with E-state index in [1.807, 2.05) is 13.0 Å². The largest absolute Gasteiger partial charge is 0.493 e. The average molecular weight is 253 g/mol. The van der Waals surface area contributed by atoms with E-state index in [9.17, 15) is 4.39 Å². The van der Waals surface area contributed by atoms with Gasteiger partial charge in [-0.2, -0.15) is 0 Å². The van der Waals surface area contributed by atoms with Crippen molar-refractivity contribution in [3.05, 3.63) is 29.6 Å². The molecule has 1 aromatic carbocycles. The maximum atomic E-state index is 13.4. The Kier molecular flexibility index (Phi) is 6.73. The number of hydrogen-bond donors (Lipinski definition) is 1. The molecule has 0 amide bonds. The van der Waals surface area contributed by atoms with Crippen LogP contribution in [0.1, 0.15) is 39.2 Å². The average Bonchev–Trinajstić information content (AvgIpc) is 2.34. The molecule has 1 N–H and O–H groups in total. The van der Waals surface area contributed by atoms with Crippen LogP contribution in [0.25, 0.3) is 0 Å². The van der Waals surface area contributed by atoms with Crippen molar-refractivity contribution in [3.63, 3.8) is 0 Å². The Morgan fingerprint density at radius 2 is 2.06 bits per heavy atom. The van der Waals surface area contributed by atoms with Crippen molar-refractivity contribution in [1.29, 1.82) is 0 Å². The lowest BCUT2D eigenvalue weighted by Crippen LogP contribution is -2.12. The van der Waals surface area contributed by atoms with E-state index < -0.39 is 0 Å². The number of halogens is 1. The molecule has 0 radical (unpaired) electrons. The van der Waals surface area contributed by atoms with Crippen LogP contribution in [0.15, 0.2) is 18.2 Å². The summed E-state index contributed by atoms with van der Waals surface area (Å²) in [7, 11) is 0. The maximum absolute atomic E-state index is 13.4. The molecule has 1 unspecified atom stereocenters. The van der Waals surface area contributed by atoms with Crippen molar-refractivity contribution in [2.45, 2.75) is 40.2 Å². The molecule has 3 heteroatoms. The van der Waals surface area contributed by atoms with Crippen LogP contribution in [0.3, 0.4) is 0 Å². The fourth-order valence-electron chi connectivity index (χ4n) is 1.89. The second-order valence-electron chi connectivity index (χ2n) is 4.78. The Balaban J connectivity index is 2.56. The van der Waals surface area contributed by atoms with Crippen LogP contribution in [0, 0.1) is 11.7 Å². The van der Waals surface area contributed by atoms with Gasteiger partial charge in [0, 0.05) is 12.6 Å². The number of benzene rings is 1. The van der Waals surface area contributed by atoms with Gasteiger partial charge in [-0.25, -0.2) is 4.39 Å². The lowest BCUT2D eigenvalue weighted by Gasteiger charge is -2.13. The van der Waals surface area contributed by atoms with Gasteiger partial charge in [0.1, 0.15) is 11.6 Å². The molecule has 18 heavy (non-hydrogen) atoms. The smallest absolute Gasteiger partial charge is 0.127 e. The lowest BCUT2D eigenvalue weighted by molar-refractivity contribution is 0.250. The van der Waals surface area contributed by atoms with E-state index in [1.165, 1.54) is 6.07 Å². The van der Waals surface area contributed by atoms with Gasteiger partial charge < -0.3 is 10.1 Å². The molecule has 0 aromatic heterocycles. The summed E-state index contributed by atoms with van der Waals surface area (Å²) >= 11 is 0. The molecule has 0 aliphatic rings. The van der Waals surface area contributed by atoms with Gasteiger partial charge >= 0.3 is 0 Å². The second-order valence-corrected chi connectivity index (χ2v) is 4.78. The molecule has 1 aromatic rings. The second kappa shape index (κ2) is 8.09. The third-order valence-corrected chi connectivity index (χ3v) is 2.83. The highest BCUT2D eigenvalue weighted by Crippen LogP contribution is 2.18. The van der Waals surface area contributed by atoms with Crippen LogP contribution in [-0.4, -0.2) is 13.2 Å².